The second-order valence-electron chi connectivity index (χ2n) is 4.97. The molecule has 3 N–H and O–H groups in total. The summed E-state index contributed by atoms with van der Waals surface area (Å²) < 4.78 is 5.46. The first-order chi connectivity index (χ1) is 8.14. The predicted octanol–water partition coefficient (Wildman–Crippen LogP) is 1.78. The van der Waals surface area contributed by atoms with Crippen LogP contribution in [0.5, 0.6) is 0 Å². The van der Waals surface area contributed by atoms with Crippen LogP contribution in [0.2, 0.25) is 0 Å². The number of nitrogens with two attached hydrogens (primary N) is 1. The Morgan fingerprint density at radius 3 is 3.00 bits per heavy atom. The molecular weight excluding hydrogens is 214 g/mol. The van der Waals surface area contributed by atoms with E-state index in [9.17, 15) is 5.11 Å². The number of hydrogen-bond acceptors (Lipinski definition) is 3. The number of hydrogen-bond donors (Lipinski definition) is 2. The highest BCUT2D eigenvalue weighted by molar-refractivity contribution is 5.28. The van der Waals surface area contributed by atoms with Gasteiger partial charge in [-0.15, -0.1) is 0 Å². The number of aliphatic hydroxyl groups is 1. The van der Waals surface area contributed by atoms with E-state index in [2.05, 4.69) is 0 Å². The van der Waals surface area contributed by atoms with Crippen LogP contribution in [0.25, 0.3) is 0 Å². The molecule has 1 heterocycles. The van der Waals surface area contributed by atoms with E-state index < -0.39 is 5.60 Å². The Kier molecular flexibility index (Phi) is 3.82. The van der Waals surface area contributed by atoms with E-state index in [-0.39, 0.29) is 5.92 Å². The molecule has 17 heavy (non-hydrogen) atoms. The molecule has 0 saturated carbocycles. The maximum atomic E-state index is 10.7. The van der Waals surface area contributed by atoms with Crippen molar-refractivity contribution in [1.82, 2.24) is 0 Å². The molecule has 0 aliphatic carbocycles. The predicted molar refractivity (Wildman–Crippen MR) is 67.4 cm³/mol. The van der Waals surface area contributed by atoms with Gasteiger partial charge in [0.2, 0.25) is 0 Å². The van der Waals surface area contributed by atoms with Gasteiger partial charge in [-0.05, 0) is 30.9 Å². The summed E-state index contributed by atoms with van der Waals surface area (Å²) in [5.41, 5.74) is 6.80. The molecule has 0 radical (unpaired) electrons. The first-order valence-electron chi connectivity index (χ1n) is 6.24. The molecule has 1 aromatic carbocycles. The lowest BCUT2D eigenvalue weighted by molar-refractivity contribution is -0.0724. The van der Waals surface area contributed by atoms with Gasteiger partial charge in [0.25, 0.3) is 0 Å². The molecule has 94 valence electrons. The number of ether oxygens (including phenoxy) is 1. The Balaban J connectivity index is 2.22. The Morgan fingerprint density at radius 1 is 1.53 bits per heavy atom. The molecule has 2 rings (SSSR count). The summed E-state index contributed by atoms with van der Waals surface area (Å²) >= 11 is 0. The zero-order valence-corrected chi connectivity index (χ0v) is 10.4. The Hall–Kier alpha value is -0.900. The molecule has 0 spiro atoms. The van der Waals surface area contributed by atoms with Gasteiger partial charge in [0.05, 0.1) is 12.2 Å². The van der Waals surface area contributed by atoms with Crippen molar-refractivity contribution >= 4 is 0 Å². The first-order valence-corrected chi connectivity index (χ1v) is 6.24. The van der Waals surface area contributed by atoms with Crippen LogP contribution in [-0.4, -0.2) is 18.3 Å². The van der Waals surface area contributed by atoms with Gasteiger partial charge >= 0.3 is 0 Å². The third-order valence-electron chi connectivity index (χ3n) is 3.70. The van der Waals surface area contributed by atoms with E-state index in [0.717, 1.165) is 30.6 Å². The van der Waals surface area contributed by atoms with Gasteiger partial charge < -0.3 is 15.6 Å². The fourth-order valence-electron chi connectivity index (χ4n) is 2.43. The van der Waals surface area contributed by atoms with Gasteiger partial charge in [0, 0.05) is 19.1 Å². The van der Waals surface area contributed by atoms with Crippen LogP contribution in [0.3, 0.4) is 0 Å². The van der Waals surface area contributed by atoms with Gasteiger partial charge in [-0.2, -0.15) is 0 Å². The summed E-state index contributed by atoms with van der Waals surface area (Å²) in [4.78, 5) is 0. The van der Waals surface area contributed by atoms with Crippen molar-refractivity contribution in [2.24, 2.45) is 11.7 Å². The summed E-state index contributed by atoms with van der Waals surface area (Å²) in [7, 11) is 0. The van der Waals surface area contributed by atoms with Crippen molar-refractivity contribution in [3.8, 4) is 0 Å². The molecular formula is C14H21NO2. The third-order valence-corrected chi connectivity index (χ3v) is 3.70. The minimum absolute atomic E-state index is 0.171. The fraction of sp³-hybridized carbons (Fsp3) is 0.571. The summed E-state index contributed by atoms with van der Waals surface area (Å²) in [5.74, 6) is 0.171. The van der Waals surface area contributed by atoms with E-state index in [1.807, 2.05) is 31.2 Å². The van der Waals surface area contributed by atoms with Crippen LogP contribution in [-0.2, 0) is 16.9 Å². The lowest BCUT2D eigenvalue weighted by atomic mass is 9.79. The van der Waals surface area contributed by atoms with Crippen LogP contribution in [0.15, 0.2) is 24.3 Å². The maximum absolute atomic E-state index is 10.7. The minimum Gasteiger partial charge on any atom is -0.385 e. The monoisotopic (exact) mass is 235 g/mol. The van der Waals surface area contributed by atoms with E-state index >= 15 is 0 Å². The Labute approximate surface area is 103 Å². The molecule has 1 aromatic rings. The smallest absolute Gasteiger partial charge is 0.0918 e. The highest BCUT2D eigenvalue weighted by Gasteiger charge is 2.35. The Morgan fingerprint density at radius 2 is 2.35 bits per heavy atom. The highest BCUT2D eigenvalue weighted by Crippen LogP contribution is 2.34. The lowest BCUT2D eigenvalue weighted by Crippen LogP contribution is -2.37. The second kappa shape index (κ2) is 5.17. The minimum atomic E-state index is -0.828. The van der Waals surface area contributed by atoms with Gasteiger partial charge in [-0.3, -0.25) is 0 Å². The van der Waals surface area contributed by atoms with Gasteiger partial charge in [0.15, 0.2) is 0 Å². The van der Waals surface area contributed by atoms with Crippen molar-refractivity contribution in [3.63, 3.8) is 0 Å². The fourth-order valence-corrected chi connectivity index (χ4v) is 2.43. The number of rotatable bonds is 3. The normalized spacial score (nSPS) is 24.3. The molecule has 1 fully saturated rings. The number of benzene rings is 1. The summed E-state index contributed by atoms with van der Waals surface area (Å²) in [6, 6.07) is 7.90. The molecule has 1 saturated heterocycles. The molecule has 1 aliphatic rings. The van der Waals surface area contributed by atoms with Crippen LogP contribution >= 0.6 is 0 Å². The zero-order valence-electron chi connectivity index (χ0n) is 10.4. The summed E-state index contributed by atoms with van der Waals surface area (Å²) in [5, 5.41) is 10.7. The topological polar surface area (TPSA) is 55.5 Å². The van der Waals surface area contributed by atoms with Crippen LogP contribution < -0.4 is 5.73 Å². The summed E-state index contributed by atoms with van der Waals surface area (Å²) in [6.07, 6.45) is 2.04. The van der Waals surface area contributed by atoms with Gasteiger partial charge in [-0.1, -0.05) is 24.3 Å². The van der Waals surface area contributed by atoms with Crippen molar-refractivity contribution in [3.05, 3.63) is 35.4 Å². The van der Waals surface area contributed by atoms with Crippen molar-refractivity contribution in [1.29, 1.82) is 0 Å². The molecule has 2 unspecified atom stereocenters. The maximum Gasteiger partial charge on any atom is 0.0918 e. The zero-order chi connectivity index (χ0) is 12.3. The molecule has 1 aliphatic heterocycles. The molecule has 3 nitrogen and oxygen atoms in total. The van der Waals surface area contributed by atoms with Crippen molar-refractivity contribution < 1.29 is 9.84 Å². The van der Waals surface area contributed by atoms with E-state index in [4.69, 9.17) is 10.5 Å². The quantitative estimate of drug-likeness (QED) is 0.839. The lowest BCUT2D eigenvalue weighted by Gasteiger charge is -2.36. The largest absolute Gasteiger partial charge is 0.385 e. The molecule has 3 heteroatoms. The van der Waals surface area contributed by atoms with E-state index in [0.29, 0.717) is 13.2 Å². The Bertz CT molecular complexity index is 370. The standard InChI is InChI=1S/C14H21NO2/c1-14(16,13-6-3-7-17-10-13)12-5-2-4-11(8-12)9-15/h2,4-5,8,13,16H,3,6-7,9-10,15H2,1H3. The molecule has 0 bridgehead atoms. The van der Waals surface area contributed by atoms with Crippen LogP contribution in [0.1, 0.15) is 30.9 Å². The first kappa shape index (κ1) is 12.6. The van der Waals surface area contributed by atoms with Crippen molar-refractivity contribution in [2.45, 2.75) is 31.9 Å². The molecule has 0 aromatic heterocycles. The van der Waals surface area contributed by atoms with E-state index in [1.165, 1.54) is 0 Å². The van der Waals surface area contributed by atoms with Gasteiger partial charge in [-0.25, -0.2) is 0 Å². The average Bonchev–Trinajstić information content (AvgIpc) is 2.40. The SMILES string of the molecule is CC(O)(c1cccc(CN)c1)C1CCCOC1. The highest BCUT2D eigenvalue weighted by atomic mass is 16.5. The summed E-state index contributed by atoms with van der Waals surface area (Å²) in [6.45, 7) is 3.84. The van der Waals surface area contributed by atoms with E-state index in [1.54, 1.807) is 0 Å². The molecule has 2 atom stereocenters. The van der Waals surface area contributed by atoms with Crippen LogP contribution in [0.4, 0.5) is 0 Å². The third kappa shape index (κ3) is 2.68. The van der Waals surface area contributed by atoms with Gasteiger partial charge in [0.1, 0.15) is 0 Å². The second-order valence-corrected chi connectivity index (χ2v) is 4.97. The van der Waals surface area contributed by atoms with Crippen LogP contribution in [0, 0.1) is 5.92 Å². The molecule has 0 amide bonds. The average molecular weight is 235 g/mol. The van der Waals surface area contributed by atoms with Crippen molar-refractivity contribution in [2.75, 3.05) is 13.2 Å².